The predicted molar refractivity (Wildman–Crippen MR) is 132 cm³/mol. The summed E-state index contributed by atoms with van der Waals surface area (Å²) in [7, 11) is -3.20. The molecule has 0 amide bonds. The van der Waals surface area contributed by atoms with Crippen LogP contribution in [0.4, 0.5) is 5.95 Å². The summed E-state index contributed by atoms with van der Waals surface area (Å²) in [6, 6.07) is 6.85. The molecule has 1 aliphatic heterocycles. The normalized spacial score (nSPS) is 15.9. The van der Waals surface area contributed by atoms with Gasteiger partial charge in [0.25, 0.3) is 5.19 Å². The maximum absolute atomic E-state index is 11.7. The molecule has 7 nitrogen and oxygen atoms in total. The van der Waals surface area contributed by atoms with Crippen molar-refractivity contribution in [3.05, 3.63) is 55.0 Å². The number of ether oxygens (including phenoxy) is 1. The molecule has 1 unspecified atom stereocenters. The third kappa shape index (κ3) is 5.59. The Morgan fingerprint density at radius 1 is 1.12 bits per heavy atom. The van der Waals surface area contributed by atoms with E-state index in [2.05, 4.69) is 33.4 Å². The van der Waals surface area contributed by atoms with Crippen molar-refractivity contribution in [1.82, 2.24) is 15.0 Å². The maximum atomic E-state index is 11.7. The molecule has 1 fully saturated rings. The van der Waals surface area contributed by atoms with Crippen molar-refractivity contribution in [2.75, 3.05) is 24.2 Å². The lowest BCUT2D eigenvalue weighted by molar-refractivity contribution is 0.132. The molecule has 4 rings (SSSR count). The van der Waals surface area contributed by atoms with E-state index >= 15 is 0 Å². The summed E-state index contributed by atoms with van der Waals surface area (Å²) < 4.78 is 29.5. The SMILES string of the molecule is C=C(C)c1cnc(N2CCC(C(C)Oc3ncc(-c4ccc(S(C)(=O)=O)cc4)s3)CC2)nc1. The summed E-state index contributed by atoms with van der Waals surface area (Å²) >= 11 is 1.47. The molecule has 0 N–H and O–H groups in total. The zero-order valence-electron chi connectivity index (χ0n) is 19.1. The van der Waals surface area contributed by atoms with Gasteiger partial charge in [-0.25, -0.2) is 23.4 Å². The van der Waals surface area contributed by atoms with E-state index in [-0.39, 0.29) is 6.10 Å². The molecule has 0 aliphatic carbocycles. The van der Waals surface area contributed by atoms with Crippen LogP contribution in [0.2, 0.25) is 0 Å². The number of benzene rings is 1. The van der Waals surface area contributed by atoms with Crippen LogP contribution < -0.4 is 9.64 Å². The van der Waals surface area contributed by atoms with E-state index < -0.39 is 9.84 Å². The molecule has 3 heterocycles. The number of nitrogens with zero attached hydrogens (tertiary/aromatic N) is 4. The highest BCUT2D eigenvalue weighted by atomic mass is 32.2. The predicted octanol–water partition coefficient (Wildman–Crippen LogP) is 4.72. The van der Waals surface area contributed by atoms with Crippen LogP contribution in [0.1, 0.15) is 32.3 Å². The van der Waals surface area contributed by atoms with Crippen molar-refractivity contribution in [1.29, 1.82) is 0 Å². The summed E-state index contributed by atoms with van der Waals surface area (Å²) in [5, 5.41) is 0.630. The number of aromatic nitrogens is 3. The summed E-state index contributed by atoms with van der Waals surface area (Å²) in [5.74, 6) is 1.19. The smallest absolute Gasteiger partial charge is 0.273 e. The fourth-order valence-corrected chi connectivity index (χ4v) is 5.32. The Hall–Kier alpha value is -2.78. The second kappa shape index (κ2) is 9.61. The Balaban J connectivity index is 1.33. The van der Waals surface area contributed by atoms with Crippen molar-refractivity contribution >= 4 is 32.7 Å². The summed E-state index contributed by atoms with van der Waals surface area (Å²) in [6.45, 7) is 9.75. The number of sulfone groups is 1. The standard InChI is InChI=1S/C24H28N4O3S2/c1-16(2)20-13-25-23(26-14-20)28-11-9-18(10-12-28)17(3)31-24-27-15-22(32-24)19-5-7-21(8-6-19)33(4,29)30/h5-8,13-15,17-18H,1,9-12H2,2-4H3. The Labute approximate surface area is 199 Å². The van der Waals surface area contributed by atoms with Crippen molar-refractivity contribution in [3.8, 4) is 15.6 Å². The first-order chi connectivity index (χ1) is 15.7. The van der Waals surface area contributed by atoms with E-state index in [1.807, 2.05) is 19.3 Å². The average Bonchev–Trinajstić information content (AvgIpc) is 3.27. The molecule has 3 aromatic rings. The summed E-state index contributed by atoms with van der Waals surface area (Å²) in [4.78, 5) is 16.9. The van der Waals surface area contributed by atoms with Crippen molar-refractivity contribution in [2.45, 2.75) is 37.7 Å². The highest BCUT2D eigenvalue weighted by molar-refractivity contribution is 7.90. The van der Waals surface area contributed by atoms with Gasteiger partial charge in [0, 0.05) is 43.5 Å². The fourth-order valence-electron chi connectivity index (χ4n) is 3.84. The molecule has 0 saturated carbocycles. The molecular weight excluding hydrogens is 456 g/mol. The van der Waals surface area contributed by atoms with E-state index in [1.165, 1.54) is 17.6 Å². The topological polar surface area (TPSA) is 85.3 Å². The van der Waals surface area contributed by atoms with E-state index in [9.17, 15) is 8.42 Å². The van der Waals surface area contributed by atoms with Crippen LogP contribution in [0.5, 0.6) is 5.19 Å². The zero-order valence-corrected chi connectivity index (χ0v) is 20.7. The Morgan fingerprint density at radius 3 is 2.33 bits per heavy atom. The number of anilines is 1. The lowest BCUT2D eigenvalue weighted by Gasteiger charge is -2.34. The number of thiazole rings is 1. The highest BCUT2D eigenvalue weighted by Crippen LogP contribution is 2.33. The minimum atomic E-state index is -3.20. The van der Waals surface area contributed by atoms with Gasteiger partial charge in [0.1, 0.15) is 6.10 Å². The maximum Gasteiger partial charge on any atom is 0.273 e. The van der Waals surface area contributed by atoms with Crippen LogP contribution in [0.3, 0.4) is 0 Å². The zero-order chi connectivity index (χ0) is 23.6. The number of hydrogen-bond acceptors (Lipinski definition) is 8. The Morgan fingerprint density at radius 2 is 1.76 bits per heavy atom. The van der Waals surface area contributed by atoms with Gasteiger partial charge in [-0.3, -0.25) is 0 Å². The minimum Gasteiger partial charge on any atom is -0.467 e. The molecule has 174 valence electrons. The van der Waals surface area contributed by atoms with Gasteiger partial charge in [-0.1, -0.05) is 30.0 Å². The molecule has 2 aromatic heterocycles. The molecule has 0 bridgehead atoms. The number of allylic oxidation sites excluding steroid dienone is 1. The van der Waals surface area contributed by atoms with Crippen LogP contribution >= 0.6 is 11.3 Å². The number of piperidine rings is 1. The molecular formula is C24H28N4O3S2. The van der Waals surface area contributed by atoms with E-state index in [4.69, 9.17) is 4.74 Å². The lowest BCUT2D eigenvalue weighted by atomic mass is 9.92. The van der Waals surface area contributed by atoms with Gasteiger partial charge in [0.2, 0.25) is 5.95 Å². The first-order valence-corrected chi connectivity index (χ1v) is 13.6. The first kappa shape index (κ1) is 23.4. The molecule has 0 radical (unpaired) electrons. The average molecular weight is 485 g/mol. The van der Waals surface area contributed by atoms with Crippen LogP contribution in [-0.2, 0) is 9.84 Å². The van der Waals surface area contributed by atoms with Gasteiger partial charge in [0.15, 0.2) is 9.84 Å². The van der Waals surface area contributed by atoms with Gasteiger partial charge in [-0.15, -0.1) is 0 Å². The van der Waals surface area contributed by atoms with Gasteiger partial charge in [0.05, 0.1) is 9.77 Å². The van der Waals surface area contributed by atoms with E-state index in [1.54, 1.807) is 30.5 Å². The first-order valence-electron chi connectivity index (χ1n) is 10.9. The quantitative estimate of drug-likeness (QED) is 0.480. The second-order valence-electron chi connectivity index (χ2n) is 8.49. The van der Waals surface area contributed by atoms with Crippen LogP contribution in [-0.4, -0.2) is 48.8 Å². The lowest BCUT2D eigenvalue weighted by Crippen LogP contribution is -2.39. The van der Waals surface area contributed by atoms with Gasteiger partial charge in [-0.05, 0) is 55.9 Å². The molecule has 1 saturated heterocycles. The van der Waals surface area contributed by atoms with Crippen LogP contribution in [0, 0.1) is 5.92 Å². The number of hydrogen-bond donors (Lipinski definition) is 0. The third-order valence-corrected chi connectivity index (χ3v) is 8.02. The van der Waals surface area contributed by atoms with Gasteiger partial charge >= 0.3 is 0 Å². The van der Waals surface area contributed by atoms with Crippen LogP contribution in [0.25, 0.3) is 16.0 Å². The fraction of sp³-hybridized carbons (Fsp3) is 0.375. The monoisotopic (exact) mass is 484 g/mol. The number of rotatable bonds is 7. The van der Waals surface area contributed by atoms with Crippen LogP contribution in [0.15, 0.2) is 54.3 Å². The molecule has 1 aliphatic rings. The molecule has 1 atom stereocenters. The second-order valence-corrected chi connectivity index (χ2v) is 11.5. The highest BCUT2D eigenvalue weighted by Gasteiger charge is 2.27. The Kier molecular flexibility index (Phi) is 6.81. The van der Waals surface area contributed by atoms with Gasteiger partial charge < -0.3 is 9.64 Å². The molecule has 33 heavy (non-hydrogen) atoms. The molecule has 1 aromatic carbocycles. The van der Waals surface area contributed by atoms with Crippen molar-refractivity contribution in [2.24, 2.45) is 5.92 Å². The van der Waals surface area contributed by atoms with E-state index in [0.717, 1.165) is 53.5 Å². The summed E-state index contributed by atoms with van der Waals surface area (Å²) in [6.07, 6.45) is 8.69. The van der Waals surface area contributed by atoms with E-state index in [0.29, 0.717) is 16.0 Å². The summed E-state index contributed by atoms with van der Waals surface area (Å²) in [5.41, 5.74) is 2.85. The van der Waals surface area contributed by atoms with Crippen molar-refractivity contribution < 1.29 is 13.2 Å². The van der Waals surface area contributed by atoms with Crippen molar-refractivity contribution in [3.63, 3.8) is 0 Å². The molecule has 0 spiro atoms. The Bertz CT molecular complexity index is 1210. The largest absolute Gasteiger partial charge is 0.467 e. The van der Waals surface area contributed by atoms with Gasteiger partial charge in [-0.2, -0.15) is 0 Å². The minimum absolute atomic E-state index is 0.0467. The third-order valence-electron chi connectivity index (χ3n) is 5.96. The molecule has 9 heteroatoms.